The molecule has 0 bridgehead atoms. The van der Waals surface area contributed by atoms with Gasteiger partial charge in [-0.1, -0.05) is 6.92 Å². The maximum Gasteiger partial charge on any atom is 0.222 e. The van der Waals surface area contributed by atoms with Crippen molar-refractivity contribution < 1.29 is 9.90 Å². The number of likely N-dealkylation sites (tertiary alicyclic amines) is 1. The largest absolute Gasteiger partial charge is 0.393 e. The lowest BCUT2D eigenvalue weighted by molar-refractivity contribution is -0.134. The van der Waals surface area contributed by atoms with E-state index in [9.17, 15) is 9.90 Å². The summed E-state index contributed by atoms with van der Waals surface area (Å²) in [5.41, 5.74) is 0. The first kappa shape index (κ1) is 15.8. The molecule has 0 spiro atoms. The number of hydrogen-bond acceptors (Lipinski definition) is 3. The van der Waals surface area contributed by atoms with Gasteiger partial charge in [-0.2, -0.15) is 0 Å². The summed E-state index contributed by atoms with van der Waals surface area (Å²) in [7, 11) is 0. The molecule has 0 radical (unpaired) electrons. The van der Waals surface area contributed by atoms with E-state index in [0.717, 1.165) is 39.0 Å². The fraction of sp³-hybridized carbons (Fsp3) is 0.938. The van der Waals surface area contributed by atoms with Crippen LogP contribution in [-0.2, 0) is 4.79 Å². The van der Waals surface area contributed by atoms with Crippen LogP contribution in [0.4, 0.5) is 0 Å². The normalized spacial score (nSPS) is 28.1. The molecule has 2 aliphatic rings. The average molecular weight is 282 g/mol. The van der Waals surface area contributed by atoms with Gasteiger partial charge < -0.3 is 15.3 Å². The van der Waals surface area contributed by atoms with E-state index in [1.165, 1.54) is 12.8 Å². The Morgan fingerprint density at radius 3 is 2.50 bits per heavy atom. The fourth-order valence-corrected chi connectivity index (χ4v) is 3.57. The number of aliphatic hydroxyl groups excluding tert-OH is 1. The van der Waals surface area contributed by atoms with Crippen LogP contribution in [-0.4, -0.2) is 48.2 Å². The van der Waals surface area contributed by atoms with Gasteiger partial charge in [0.1, 0.15) is 0 Å². The van der Waals surface area contributed by atoms with Gasteiger partial charge in [0.25, 0.3) is 0 Å². The van der Waals surface area contributed by atoms with Crippen LogP contribution in [0.1, 0.15) is 46.0 Å². The van der Waals surface area contributed by atoms with E-state index < -0.39 is 0 Å². The number of piperidine rings is 2. The summed E-state index contributed by atoms with van der Waals surface area (Å²) in [4.78, 5) is 14.4. The van der Waals surface area contributed by atoms with E-state index in [-0.39, 0.29) is 6.10 Å². The molecular weight excluding hydrogens is 252 g/mol. The van der Waals surface area contributed by atoms with Crippen molar-refractivity contribution in [1.82, 2.24) is 10.2 Å². The van der Waals surface area contributed by atoms with Crippen molar-refractivity contribution in [2.24, 2.45) is 17.8 Å². The summed E-state index contributed by atoms with van der Waals surface area (Å²) in [6.07, 6.45) is 4.84. The molecule has 0 saturated carbocycles. The predicted octanol–water partition coefficient (Wildman–Crippen LogP) is 1.63. The monoisotopic (exact) mass is 282 g/mol. The zero-order valence-corrected chi connectivity index (χ0v) is 13.0. The molecule has 116 valence electrons. The lowest BCUT2D eigenvalue weighted by Crippen LogP contribution is -2.42. The third-order valence-corrected chi connectivity index (χ3v) is 5.21. The summed E-state index contributed by atoms with van der Waals surface area (Å²) in [6.45, 7) is 7.93. The Bertz CT molecular complexity index is 306. The summed E-state index contributed by atoms with van der Waals surface area (Å²) < 4.78 is 0. The van der Waals surface area contributed by atoms with Crippen molar-refractivity contribution in [3.8, 4) is 0 Å². The highest BCUT2D eigenvalue weighted by atomic mass is 16.3. The molecule has 2 fully saturated rings. The predicted molar refractivity (Wildman–Crippen MR) is 80.4 cm³/mol. The standard InChI is InChI=1S/C16H30N2O2/c1-12(15-4-3-7-17-11-15)10-16(20)18-8-5-14(6-9-18)13(2)19/h12-15,17,19H,3-11H2,1-2H3. The third-order valence-electron chi connectivity index (χ3n) is 5.21. The Morgan fingerprint density at radius 2 is 1.95 bits per heavy atom. The molecule has 2 rings (SSSR count). The van der Waals surface area contributed by atoms with Gasteiger partial charge in [0.05, 0.1) is 6.10 Å². The van der Waals surface area contributed by atoms with Crippen LogP contribution in [0.15, 0.2) is 0 Å². The van der Waals surface area contributed by atoms with Crippen molar-refractivity contribution in [2.75, 3.05) is 26.2 Å². The highest BCUT2D eigenvalue weighted by Gasteiger charge is 2.28. The summed E-state index contributed by atoms with van der Waals surface area (Å²) in [5, 5.41) is 13.0. The minimum absolute atomic E-state index is 0.237. The number of carbonyl (C=O) groups excluding carboxylic acids is 1. The van der Waals surface area contributed by atoms with Crippen LogP contribution < -0.4 is 5.32 Å². The molecule has 2 saturated heterocycles. The Hall–Kier alpha value is -0.610. The highest BCUT2D eigenvalue weighted by molar-refractivity contribution is 5.76. The second-order valence-corrected chi connectivity index (χ2v) is 6.75. The summed E-state index contributed by atoms with van der Waals surface area (Å²) in [6, 6.07) is 0. The molecule has 1 amide bonds. The Labute approximate surface area is 122 Å². The molecule has 4 nitrogen and oxygen atoms in total. The van der Waals surface area contributed by atoms with Gasteiger partial charge in [0.15, 0.2) is 0 Å². The summed E-state index contributed by atoms with van der Waals surface area (Å²) in [5.74, 6) is 1.82. The van der Waals surface area contributed by atoms with Crippen LogP contribution in [0, 0.1) is 17.8 Å². The smallest absolute Gasteiger partial charge is 0.222 e. The SMILES string of the molecule is CC(O)C1CCN(C(=O)CC(C)C2CCCNC2)CC1. The number of rotatable bonds is 4. The Kier molecular flexibility index (Phi) is 5.85. The Morgan fingerprint density at radius 1 is 1.25 bits per heavy atom. The minimum atomic E-state index is -0.237. The molecule has 20 heavy (non-hydrogen) atoms. The molecule has 0 aromatic heterocycles. The topological polar surface area (TPSA) is 52.6 Å². The van der Waals surface area contributed by atoms with Gasteiger partial charge in [-0.15, -0.1) is 0 Å². The number of nitrogens with one attached hydrogen (secondary N) is 1. The first-order valence-electron chi connectivity index (χ1n) is 8.24. The maximum atomic E-state index is 12.4. The average Bonchev–Trinajstić information content (AvgIpc) is 2.48. The van der Waals surface area contributed by atoms with Crippen LogP contribution >= 0.6 is 0 Å². The Balaban J connectivity index is 1.74. The molecule has 2 aliphatic heterocycles. The molecule has 3 atom stereocenters. The lowest BCUT2D eigenvalue weighted by atomic mass is 9.85. The van der Waals surface area contributed by atoms with Crippen molar-refractivity contribution in [1.29, 1.82) is 0 Å². The van der Waals surface area contributed by atoms with Crippen LogP contribution in [0.3, 0.4) is 0 Å². The first-order valence-corrected chi connectivity index (χ1v) is 8.24. The van der Waals surface area contributed by atoms with Crippen molar-refractivity contribution in [3.63, 3.8) is 0 Å². The number of carbonyl (C=O) groups is 1. The molecule has 4 heteroatoms. The van der Waals surface area contributed by atoms with Gasteiger partial charge in [0, 0.05) is 19.5 Å². The van der Waals surface area contributed by atoms with Crippen molar-refractivity contribution in [2.45, 2.75) is 52.1 Å². The van der Waals surface area contributed by atoms with Gasteiger partial charge in [0.2, 0.25) is 5.91 Å². The van der Waals surface area contributed by atoms with Gasteiger partial charge in [-0.05, 0) is 63.5 Å². The highest BCUT2D eigenvalue weighted by Crippen LogP contribution is 2.25. The lowest BCUT2D eigenvalue weighted by Gasteiger charge is -2.35. The van der Waals surface area contributed by atoms with Crippen LogP contribution in [0.5, 0.6) is 0 Å². The number of aliphatic hydroxyl groups is 1. The summed E-state index contributed by atoms with van der Waals surface area (Å²) >= 11 is 0. The maximum absolute atomic E-state index is 12.4. The van der Waals surface area contributed by atoms with Crippen molar-refractivity contribution >= 4 is 5.91 Å². The molecular formula is C16H30N2O2. The number of amides is 1. The van der Waals surface area contributed by atoms with Gasteiger partial charge >= 0.3 is 0 Å². The van der Waals surface area contributed by atoms with E-state index >= 15 is 0 Å². The number of nitrogens with zero attached hydrogens (tertiary/aromatic N) is 1. The molecule has 3 unspecified atom stereocenters. The number of hydrogen-bond donors (Lipinski definition) is 2. The molecule has 2 N–H and O–H groups in total. The fourth-order valence-electron chi connectivity index (χ4n) is 3.57. The van der Waals surface area contributed by atoms with E-state index in [4.69, 9.17) is 0 Å². The van der Waals surface area contributed by atoms with Crippen LogP contribution in [0.25, 0.3) is 0 Å². The third kappa shape index (κ3) is 4.19. The van der Waals surface area contributed by atoms with E-state index in [0.29, 0.717) is 30.1 Å². The van der Waals surface area contributed by atoms with Crippen molar-refractivity contribution in [3.05, 3.63) is 0 Å². The van der Waals surface area contributed by atoms with Gasteiger partial charge in [-0.3, -0.25) is 4.79 Å². The minimum Gasteiger partial charge on any atom is -0.393 e. The second-order valence-electron chi connectivity index (χ2n) is 6.75. The quantitative estimate of drug-likeness (QED) is 0.824. The molecule has 0 aromatic rings. The molecule has 2 heterocycles. The zero-order valence-electron chi connectivity index (χ0n) is 13.0. The van der Waals surface area contributed by atoms with Gasteiger partial charge in [-0.25, -0.2) is 0 Å². The van der Waals surface area contributed by atoms with E-state index in [1.807, 2.05) is 11.8 Å². The first-order chi connectivity index (χ1) is 9.58. The zero-order chi connectivity index (χ0) is 14.5. The molecule has 0 aliphatic carbocycles. The van der Waals surface area contributed by atoms with E-state index in [1.54, 1.807) is 0 Å². The molecule has 0 aromatic carbocycles. The second kappa shape index (κ2) is 7.41. The van der Waals surface area contributed by atoms with Crippen LogP contribution in [0.2, 0.25) is 0 Å². The van der Waals surface area contributed by atoms with E-state index in [2.05, 4.69) is 12.2 Å².